The first-order chi connectivity index (χ1) is 5.18. The Balaban J connectivity index is 2.71. The second-order valence-electron chi connectivity index (χ2n) is 2.89. The average molecular weight is 154 g/mol. The molecule has 0 saturated heterocycles. The van der Waals surface area contributed by atoms with Crippen molar-refractivity contribution in [1.29, 1.82) is 0 Å². The Labute approximate surface area is 65.5 Å². The first-order valence-electron chi connectivity index (χ1n) is 3.66. The molecule has 3 heteroatoms. The Kier molecular flexibility index (Phi) is 2.52. The van der Waals surface area contributed by atoms with Crippen molar-refractivity contribution in [2.45, 2.75) is 20.3 Å². The molecule has 0 saturated carbocycles. The quantitative estimate of drug-likeness (QED) is 0.607. The molecule has 0 amide bonds. The van der Waals surface area contributed by atoms with Gasteiger partial charge in [0.1, 0.15) is 5.82 Å². The summed E-state index contributed by atoms with van der Waals surface area (Å²) >= 11 is 0. The SMILES string of the molecule is CC(C)Cc1nccc(F)n1. The van der Waals surface area contributed by atoms with E-state index in [1.54, 1.807) is 0 Å². The summed E-state index contributed by atoms with van der Waals surface area (Å²) < 4.78 is 12.5. The van der Waals surface area contributed by atoms with Gasteiger partial charge in [-0.15, -0.1) is 0 Å². The highest BCUT2D eigenvalue weighted by Gasteiger charge is 2.00. The zero-order chi connectivity index (χ0) is 8.27. The van der Waals surface area contributed by atoms with Crippen molar-refractivity contribution in [3.63, 3.8) is 0 Å². The Morgan fingerprint density at radius 3 is 2.82 bits per heavy atom. The van der Waals surface area contributed by atoms with E-state index in [4.69, 9.17) is 0 Å². The zero-order valence-electron chi connectivity index (χ0n) is 6.71. The summed E-state index contributed by atoms with van der Waals surface area (Å²) in [6.07, 6.45) is 2.18. The van der Waals surface area contributed by atoms with Crippen LogP contribution in [0.1, 0.15) is 19.7 Å². The molecule has 0 aliphatic rings. The van der Waals surface area contributed by atoms with Crippen LogP contribution in [-0.4, -0.2) is 9.97 Å². The van der Waals surface area contributed by atoms with Gasteiger partial charge in [0.15, 0.2) is 0 Å². The van der Waals surface area contributed by atoms with Gasteiger partial charge in [0.2, 0.25) is 5.95 Å². The molecule has 0 bridgehead atoms. The zero-order valence-corrected chi connectivity index (χ0v) is 6.71. The molecule has 60 valence electrons. The molecule has 0 atom stereocenters. The van der Waals surface area contributed by atoms with E-state index in [-0.39, 0.29) is 0 Å². The minimum atomic E-state index is -0.448. The standard InChI is InChI=1S/C8H11FN2/c1-6(2)5-8-10-4-3-7(9)11-8/h3-4,6H,5H2,1-2H3. The van der Waals surface area contributed by atoms with E-state index in [1.165, 1.54) is 12.3 Å². The predicted octanol–water partition coefficient (Wildman–Crippen LogP) is 1.81. The van der Waals surface area contributed by atoms with Gasteiger partial charge in [-0.05, 0) is 5.92 Å². The van der Waals surface area contributed by atoms with Crippen molar-refractivity contribution < 1.29 is 4.39 Å². The highest BCUT2D eigenvalue weighted by atomic mass is 19.1. The fourth-order valence-electron chi connectivity index (χ4n) is 0.838. The van der Waals surface area contributed by atoms with Crippen molar-refractivity contribution in [1.82, 2.24) is 9.97 Å². The van der Waals surface area contributed by atoms with Crippen molar-refractivity contribution >= 4 is 0 Å². The number of nitrogens with zero attached hydrogens (tertiary/aromatic N) is 2. The van der Waals surface area contributed by atoms with Gasteiger partial charge in [0.05, 0.1) is 0 Å². The number of halogens is 1. The normalized spacial score (nSPS) is 10.5. The Hall–Kier alpha value is -0.990. The van der Waals surface area contributed by atoms with E-state index in [0.29, 0.717) is 11.7 Å². The third kappa shape index (κ3) is 2.62. The first kappa shape index (κ1) is 8.11. The molecule has 0 unspecified atom stereocenters. The van der Waals surface area contributed by atoms with Crippen LogP contribution >= 0.6 is 0 Å². The van der Waals surface area contributed by atoms with Gasteiger partial charge >= 0.3 is 0 Å². The summed E-state index contributed by atoms with van der Waals surface area (Å²) in [5.41, 5.74) is 0. The topological polar surface area (TPSA) is 25.8 Å². The van der Waals surface area contributed by atoms with Crippen LogP contribution in [-0.2, 0) is 6.42 Å². The van der Waals surface area contributed by atoms with Crippen molar-refractivity contribution in [2.24, 2.45) is 5.92 Å². The maximum absolute atomic E-state index is 12.5. The fourth-order valence-corrected chi connectivity index (χ4v) is 0.838. The summed E-state index contributed by atoms with van der Waals surface area (Å²) in [6, 6.07) is 1.25. The number of hydrogen-bond donors (Lipinski definition) is 0. The van der Waals surface area contributed by atoms with Gasteiger partial charge < -0.3 is 0 Å². The molecule has 1 aromatic heterocycles. The molecule has 1 heterocycles. The summed E-state index contributed by atoms with van der Waals surface area (Å²) in [5.74, 6) is 0.604. The summed E-state index contributed by atoms with van der Waals surface area (Å²) in [4.78, 5) is 7.56. The van der Waals surface area contributed by atoms with Crippen LogP contribution in [0.2, 0.25) is 0 Å². The molecule has 0 aliphatic carbocycles. The second kappa shape index (κ2) is 3.42. The molecule has 1 rings (SSSR count). The van der Waals surface area contributed by atoms with Crippen LogP contribution in [0.15, 0.2) is 12.3 Å². The first-order valence-corrected chi connectivity index (χ1v) is 3.66. The summed E-state index contributed by atoms with van der Waals surface area (Å²) in [7, 11) is 0. The number of hydrogen-bond acceptors (Lipinski definition) is 2. The number of aromatic nitrogens is 2. The lowest BCUT2D eigenvalue weighted by Crippen LogP contribution is -2.01. The summed E-state index contributed by atoms with van der Waals surface area (Å²) in [6.45, 7) is 4.10. The Bertz CT molecular complexity index is 235. The van der Waals surface area contributed by atoms with Crippen LogP contribution in [0, 0.1) is 11.9 Å². The van der Waals surface area contributed by atoms with Crippen molar-refractivity contribution in [3.05, 3.63) is 24.0 Å². The molecule has 2 nitrogen and oxygen atoms in total. The van der Waals surface area contributed by atoms with Crippen molar-refractivity contribution in [2.75, 3.05) is 0 Å². The van der Waals surface area contributed by atoms with Crippen LogP contribution in [0.5, 0.6) is 0 Å². The van der Waals surface area contributed by atoms with Gasteiger partial charge in [-0.2, -0.15) is 4.39 Å². The largest absolute Gasteiger partial charge is 0.241 e. The molecule has 0 N–H and O–H groups in total. The van der Waals surface area contributed by atoms with Crippen LogP contribution in [0.3, 0.4) is 0 Å². The second-order valence-corrected chi connectivity index (χ2v) is 2.89. The molecule has 0 spiro atoms. The van der Waals surface area contributed by atoms with E-state index >= 15 is 0 Å². The molecular weight excluding hydrogens is 143 g/mol. The molecule has 0 aromatic carbocycles. The van der Waals surface area contributed by atoms with Crippen LogP contribution in [0.4, 0.5) is 4.39 Å². The lowest BCUT2D eigenvalue weighted by Gasteiger charge is -2.01. The van der Waals surface area contributed by atoms with Gasteiger partial charge in [-0.3, -0.25) is 0 Å². The maximum atomic E-state index is 12.5. The lowest BCUT2D eigenvalue weighted by molar-refractivity contribution is 0.550. The molecule has 0 fully saturated rings. The highest BCUT2D eigenvalue weighted by molar-refractivity contribution is 4.91. The predicted molar refractivity (Wildman–Crippen MR) is 40.5 cm³/mol. The molecule has 1 aromatic rings. The Morgan fingerprint density at radius 1 is 1.55 bits per heavy atom. The van der Waals surface area contributed by atoms with E-state index in [1.807, 2.05) is 13.8 Å². The highest BCUT2D eigenvalue weighted by Crippen LogP contribution is 2.01. The Morgan fingerprint density at radius 2 is 2.27 bits per heavy atom. The van der Waals surface area contributed by atoms with E-state index < -0.39 is 5.95 Å². The van der Waals surface area contributed by atoms with Gasteiger partial charge in [0, 0.05) is 18.7 Å². The van der Waals surface area contributed by atoms with E-state index in [9.17, 15) is 4.39 Å². The van der Waals surface area contributed by atoms with E-state index in [2.05, 4.69) is 9.97 Å². The van der Waals surface area contributed by atoms with E-state index in [0.717, 1.165) is 6.42 Å². The minimum Gasteiger partial charge on any atom is -0.241 e. The van der Waals surface area contributed by atoms with Gasteiger partial charge in [-0.25, -0.2) is 9.97 Å². The van der Waals surface area contributed by atoms with Crippen molar-refractivity contribution in [3.8, 4) is 0 Å². The lowest BCUT2D eigenvalue weighted by atomic mass is 10.1. The molecular formula is C8H11FN2. The maximum Gasteiger partial charge on any atom is 0.216 e. The van der Waals surface area contributed by atoms with Gasteiger partial charge in [-0.1, -0.05) is 13.8 Å². The summed E-state index contributed by atoms with van der Waals surface area (Å²) in [5, 5.41) is 0. The van der Waals surface area contributed by atoms with Crippen LogP contribution < -0.4 is 0 Å². The number of rotatable bonds is 2. The third-order valence-corrected chi connectivity index (χ3v) is 1.26. The molecule has 0 aliphatic heterocycles. The smallest absolute Gasteiger partial charge is 0.216 e. The minimum absolute atomic E-state index is 0.448. The van der Waals surface area contributed by atoms with Crippen LogP contribution in [0.25, 0.3) is 0 Å². The molecule has 11 heavy (non-hydrogen) atoms. The average Bonchev–Trinajstić information content (AvgIpc) is 1.85. The van der Waals surface area contributed by atoms with Gasteiger partial charge in [0.25, 0.3) is 0 Å². The third-order valence-electron chi connectivity index (χ3n) is 1.26. The molecule has 0 radical (unpaired) electrons. The monoisotopic (exact) mass is 154 g/mol. The fraction of sp³-hybridized carbons (Fsp3) is 0.500.